The number of aromatic nitrogens is 2. The number of rotatable bonds is 14. The number of morpholine rings is 1. The van der Waals surface area contributed by atoms with E-state index in [4.69, 9.17) is 14.5 Å². The molecule has 0 spiro atoms. The Labute approximate surface area is 343 Å². The van der Waals surface area contributed by atoms with Gasteiger partial charge in [0.1, 0.15) is 17.8 Å². The van der Waals surface area contributed by atoms with E-state index in [1.165, 1.54) is 4.90 Å². The second-order valence-electron chi connectivity index (χ2n) is 16.6. The van der Waals surface area contributed by atoms with Crippen molar-refractivity contribution in [2.75, 3.05) is 31.1 Å². The number of benzene rings is 2. The van der Waals surface area contributed by atoms with Crippen molar-refractivity contribution in [3.8, 4) is 27.4 Å². The summed E-state index contributed by atoms with van der Waals surface area (Å²) in [4.78, 5) is 55.0. The highest BCUT2D eigenvalue weighted by molar-refractivity contribution is 7.14. The third-order valence-electron chi connectivity index (χ3n) is 11.1. The van der Waals surface area contributed by atoms with Gasteiger partial charge in [-0.3, -0.25) is 14.4 Å². The zero-order chi connectivity index (χ0) is 40.3. The number of carbonyl (C=O) groups is 3. The standard InChI is InChI=1S/C43H54N6O6S2/c1-26(28-9-11-30(12-10-28)38-27(2)44-25-57-38)45-40(52)36-20-31(50)21-49(36)41(53)39(43(3,4)5)47-37(51)8-6-7-19-54-32-15-13-29(14-16-32)35-24-56-42(46-35)48-22-33-17-18-34(23-48)55-33/h9-16,24-26,31,33-34,36,39,50H,6-8,17-23H2,1-5H3,(H,45,52)(H,47,51). The van der Waals surface area contributed by atoms with E-state index in [0.717, 1.165) is 69.8 Å². The Balaban J connectivity index is 0.864. The number of anilines is 1. The summed E-state index contributed by atoms with van der Waals surface area (Å²) in [5.74, 6) is -0.206. The van der Waals surface area contributed by atoms with Crippen molar-refractivity contribution in [3.05, 3.63) is 70.7 Å². The number of aliphatic hydroxyl groups is 1. The molecule has 5 heterocycles. The number of fused-ring (bicyclic) bond motifs is 2. The lowest BCUT2D eigenvalue weighted by Crippen LogP contribution is -2.57. The molecule has 2 aromatic carbocycles. The van der Waals surface area contributed by atoms with Crippen molar-refractivity contribution in [1.82, 2.24) is 25.5 Å². The molecule has 3 saturated heterocycles. The molecule has 0 saturated carbocycles. The second-order valence-corrected chi connectivity index (χ2v) is 18.3. The monoisotopic (exact) mass is 814 g/mol. The van der Waals surface area contributed by atoms with Crippen molar-refractivity contribution in [3.63, 3.8) is 0 Å². The van der Waals surface area contributed by atoms with E-state index < -0.39 is 23.6 Å². The van der Waals surface area contributed by atoms with Gasteiger partial charge in [-0.05, 0) is 80.3 Å². The van der Waals surface area contributed by atoms with Crippen LogP contribution in [0.2, 0.25) is 0 Å². The Kier molecular flexibility index (Phi) is 12.6. The quantitative estimate of drug-likeness (QED) is 0.121. The largest absolute Gasteiger partial charge is 0.494 e. The molecule has 57 heavy (non-hydrogen) atoms. The van der Waals surface area contributed by atoms with Gasteiger partial charge in [0, 0.05) is 43.4 Å². The van der Waals surface area contributed by atoms with Crippen LogP contribution in [0.15, 0.2) is 59.4 Å². The second kappa shape index (κ2) is 17.6. The van der Waals surface area contributed by atoms with E-state index >= 15 is 0 Å². The Morgan fingerprint density at radius 3 is 2.33 bits per heavy atom. The van der Waals surface area contributed by atoms with Crippen LogP contribution in [0, 0.1) is 12.3 Å². The van der Waals surface area contributed by atoms with Crippen molar-refractivity contribution in [2.45, 2.75) is 110 Å². The van der Waals surface area contributed by atoms with Crippen LogP contribution in [0.3, 0.4) is 0 Å². The molecule has 2 bridgehead atoms. The number of hydrogen-bond acceptors (Lipinski definition) is 11. The van der Waals surface area contributed by atoms with Crippen LogP contribution < -0.4 is 20.3 Å². The number of unbranched alkanes of at least 4 members (excludes halogenated alkanes) is 1. The number of thiazole rings is 2. The topological polar surface area (TPSA) is 146 Å². The first-order valence-corrected chi connectivity index (χ1v) is 21.8. The van der Waals surface area contributed by atoms with Crippen molar-refractivity contribution in [2.24, 2.45) is 5.41 Å². The molecule has 304 valence electrons. The fraction of sp³-hybridized carbons (Fsp3) is 0.512. The number of β-amino-alcohol motifs (C(OH)–C–C–N with tert-alkyl or cyclic N) is 1. The summed E-state index contributed by atoms with van der Waals surface area (Å²) in [5, 5.41) is 19.8. The predicted molar refractivity (Wildman–Crippen MR) is 223 cm³/mol. The maximum Gasteiger partial charge on any atom is 0.246 e. The molecule has 6 unspecified atom stereocenters. The third-order valence-corrected chi connectivity index (χ3v) is 13.0. The highest BCUT2D eigenvalue weighted by Gasteiger charge is 2.44. The summed E-state index contributed by atoms with van der Waals surface area (Å²) in [6.07, 6.45) is 3.66. The number of nitrogens with one attached hydrogen (secondary N) is 2. The molecule has 3 amide bonds. The zero-order valence-electron chi connectivity index (χ0n) is 33.4. The van der Waals surface area contributed by atoms with Crippen LogP contribution >= 0.6 is 22.7 Å². The van der Waals surface area contributed by atoms with Crippen LogP contribution in [0.1, 0.15) is 83.5 Å². The van der Waals surface area contributed by atoms with E-state index in [9.17, 15) is 19.5 Å². The number of aliphatic hydroxyl groups excluding tert-OH is 1. The fourth-order valence-electron chi connectivity index (χ4n) is 7.86. The summed E-state index contributed by atoms with van der Waals surface area (Å²) in [7, 11) is 0. The van der Waals surface area contributed by atoms with E-state index in [-0.39, 0.29) is 43.1 Å². The summed E-state index contributed by atoms with van der Waals surface area (Å²) >= 11 is 3.26. The van der Waals surface area contributed by atoms with Gasteiger partial charge >= 0.3 is 0 Å². The zero-order valence-corrected chi connectivity index (χ0v) is 35.0. The first-order chi connectivity index (χ1) is 27.3. The van der Waals surface area contributed by atoms with Gasteiger partial charge < -0.3 is 35.0 Å². The molecule has 3 fully saturated rings. The molecular weight excluding hydrogens is 761 g/mol. The van der Waals surface area contributed by atoms with E-state index in [1.54, 1.807) is 22.7 Å². The van der Waals surface area contributed by atoms with E-state index in [0.29, 0.717) is 31.7 Å². The van der Waals surface area contributed by atoms with Crippen LogP contribution in [0.25, 0.3) is 21.7 Å². The maximum atomic E-state index is 14.1. The minimum absolute atomic E-state index is 0.0228. The van der Waals surface area contributed by atoms with E-state index in [2.05, 4.69) is 25.9 Å². The van der Waals surface area contributed by atoms with Gasteiger partial charge in [0.25, 0.3) is 0 Å². The van der Waals surface area contributed by atoms with Gasteiger partial charge in [0.15, 0.2) is 5.13 Å². The molecule has 3 aliphatic rings. The molecule has 0 aliphatic carbocycles. The minimum atomic E-state index is -0.877. The minimum Gasteiger partial charge on any atom is -0.494 e. The fourth-order valence-corrected chi connectivity index (χ4v) is 9.53. The lowest BCUT2D eigenvalue weighted by atomic mass is 9.85. The van der Waals surface area contributed by atoms with Crippen molar-refractivity contribution < 1.29 is 29.0 Å². The first kappa shape index (κ1) is 40.8. The Morgan fingerprint density at radius 2 is 1.67 bits per heavy atom. The van der Waals surface area contributed by atoms with Crippen molar-refractivity contribution in [1.29, 1.82) is 0 Å². The Morgan fingerprint density at radius 1 is 0.965 bits per heavy atom. The first-order valence-electron chi connectivity index (χ1n) is 20.0. The molecule has 0 radical (unpaired) electrons. The Bertz CT molecular complexity index is 2000. The van der Waals surface area contributed by atoms with Gasteiger partial charge in [-0.2, -0.15) is 0 Å². The van der Waals surface area contributed by atoms with Crippen LogP contribution in [-0.2, 0) is 19.1 Å². The normalized spacial score (nSPS) is 21.6. The third kappa shape index (κ3) is 9.85. The average Bonchev–Trinajstić information content (AvgIpc) is 4.00. The summed E-state index contributed by atoms with van der Waals surface area (Å²) in [6.45, 7) is 11.8. The molecule has 3 N–H and O–H groups in total. The summed E-state index contributed by atoms with van der Waals surface area (Å²) in [6, 6.07) is 13.9. The summed E-state index contributed by atoms with van der Waals surface area (Å²) in [5.41, 5.74) is 6.14. The predicted octanol–water partition coefficient (Wildman–Crippen LogP) is 6.53. The average molecular weight is 815 g/mol. The van der Waals surface area contributed by atoms with Gasteiger partial charge in [-0.25, -0.2) is 9.97 Å². The molecule has 6 atom stereocenters. The highest BCUT2D eigenvalue weighted by atomic mass is 32.1. The number of ether oxygens (including phenoxy) is 2. The van der Waals surface area contributed by atoms with Crippen LogP contribution in [-0.4, -0.2) is 94.3 Å². The summed E-state index contributed by atoms with van der Waals surface area (Å²) < 4.78 is 12.0. The van der Waals surface area contributed by atoms with E-state index in [1.807, 2.05) is 88.7 Å². The molecule has 14 heteroatoms. The number of aryl methyl sites for hydroxylation is 1. The van der Waals surface area contributed by atoms with Crippen LogP contribution in [0.5, 0.6) is 5.75 Å². The molecule has 3 aliphatic heterocycles. The lowest BCUT2D eigenvalue weighted by molar-refractivity contribution is -0.144. The number of carbonyl (C=O) groups excluding carboxylic acids is 3. The smallest absolute Gasteiger partial charge is 0.246 e. The SMILES string of the molecule is Cc1ncsc1-c1ccc(C(C)NC(=O)C2CC(O)CN2C(=O)C(NC(=O)CCCCOc2ccc(-c3csc(N4CC5CCC(C4)O5)n3)cc2)C(C)(C)C)cc1. The molecule has 12 nitrogen and oxygen atoms in total. The number of likely N-dealkylation sites (tertiary alicyclic amines) is 1. The van der Waals surface area contributed by atoms with Gasteiger partial charge in [0.05, 0.1) is 52.7 Å². The maximum absolute atomic E-state index is 14.1. The highest BCUT2D eigenvalue weighted by Crippen LogP contribution is 2.34. The Hall–Kier alpha value is -4.37. The molecular formula is C43H54N6O6S2. The van der Waals surface area contributed by atoms with Gasteiger partial charge in [-0.1, -0.05) is 45.0 Å². The number of amides is 3. The molecule has 7 rings (SSSR count). The van der Waals surface area contributed by atoms with Gasteiger partial charge in [-0.15, -0.1) is 22.7 Å². The van der Waals surface area contributed by atoms with Gasteiger partial charge in [0.2, 0.25) is 17.7 Å². The number of nitrogens with zero attached hydrogens (tertiary/aromatic N) is 4. The lowest BCUT2D eigenvalue weighted by Gasteiger charge is -2.35. The molecule has 4 aromatic rings. The number of hydrogen-bond donors (Lipinski definition) is 3. The molecule has 2 aromatic heterocycles. The van der Waals surface area contributed by atoms with Crippen molar-refractivity contribution >= 4 is 45.5 Å². The van der Waals surface area contributed by atoms with Crippen LogP contribution in [0.4, 0.5) is 5.13 Å².